The monoisotopic (exact) mass is 349 g/mol. The van der Waals surface area contributed by atoms with Crippen molar-refractivity contribution in [3.8, 4) is 0 Å². The Balaban J connectivity index is 4.35. The van der Waals surface area contributed by atoms with E-state index >= 15 is 0 Å². The van der Waals surface area contributed by atoms with E-state index in [1.54, 1.807) is 0 Å². The minimum absolute atomic E-state index is 0.128. The highest BCUT2D eigenvalue weighted by Gasteiger charge is 2.24. The number of hydrogen-bond acceptors (Lipinski definition) is 7. The molecule has 0 aromatic heterocycles. The molecule has 0 aromatic rings. The molecule has 0 aliphatic rings. The maximum Gasteiger partial charge on any atom is 0.320 e. The van der Waals surface area contributed by atoms with Gasteiger partial charge in [-0.15, -0.1) is 11.8 Å². The fourth-order valence-corrected chi connectivity index (χ4v) is 2.35. The van der Waals surface area contributed by atoms with E-state index in [0.717, 1.165) is 0 Å². The molecule has 0 fully saturated rings. The molecule has 0 saturated carbocycles. The van der Waals surface area contributed by atoms with Crippen LogP contribution in [0.25, 0.3) is 0 Å². The predicted molar refractivity (Wildman–Crippen MR) is 78.6 cm³/mol. The summed E-state index contributed by atoms with van der Waals surface area (Å²) in [7, 11) is 0. The largest absolute Gasteiger partial charge is 0.481 e. The highest BCUT2D eigenvalue weighted by molar-refractivity contribution is 8.00. The minimum Gasteiger partial charge on any atom is -0.481 e. The van der Waals surface area contributed by atoms with Crippen LogP contribution in [-0.4, -0.2) is 68.5 Å². The molecule has 0 aliphatic carbocycles. The molecule has 0 rings (SSSR count). The number of carbonyl (C=O) groups excluding carboxylic acids is 2. The van der Waals surface area contributed by atoms with Crippen LogP contribution >= 0.6 is 11.8 Å². The number of hydrogen-bond donors (Lipinski definition) is 5. The van der Waals surface area contributed by atoms with Crippen molar-refractivity contribution in [1.82, 2.24) is 5.32 Å². The molecule has 0 aromatic carbocycles. The summed E-state index contributed by atoms with van der Waals surface area (Å²) in [6.07, 6.45) is 0.512. The first kappa shape index (κ1) is 20.9. The second-order valence-corrected chi connectivity index (χ2v) is 5.72. The quantitative estimate of drug-likeness (QED) is 0.276. The summed E-state index contributed by atoms with van der Waals surface area (Å²) in [5.74, 6) is -4.72. The third kappa shape index (κ3) is 9.47. The molecule has 1 radical (unpaired) electrons. The number of carboxylic acids is 3. The molecule has 0 saturated heterocycles. The van der Waals surface area contributed by atoms with Gasteiger partial charge in [-0.05, 0) is 6.42 Å². The molecule has 11 heteroatoms. The zero-order valence-corrected chi connectivity index (χ0v) is 12.7. The van der Waals surface area contributed by atoms with E-state index in [0.29, 0.717) is 11.8 Å². The maximum absolute atomic E-state index is 11.5. The number of rotatable bonds is 12. The molecular weight excluding hydrogens is 332 g/mol. The number of nitrogens with two attached hydrogens (primary N) is 1. The van der Waals surface area contributed by atoms with Crippen molar-refractivity contribution in [3.05, 3.63) is 0 Å². The van der Waals surface area contributed by atoms with Crippen molar-refractivity contribution in [1.29, 1.82) is 0 Å². The Bertz CT molecular complexity index is 470. The summed E-state index contributed by atoms with van der Waals surface area (Å²) in [5, 5.41) is 27.0. The summed E-state index contributed by atoms with van der Waals surface area (Å²) in [4.78, 5) is 54.2. The standard InChI is InChI=1S/C12H17N2O8S/c13-7(11(19)20)1-2-9(16)14-6(4-15)5-23-8(12(21)22)3-10(17)18/h6-8H,1-3,5,13H2,(H,14,16)(H,17,18)(H,19,20)(H,21,22)/t6-,7+,8?/m1/s1. The third-order valence-electron chi connectivity index (χ3n) is 2.58. The molecule has 6 N–H and O–H groups in total. The van der Waals surface area contributed by atoms with Crippen LogP contribution in [0.15, 0.2) is 0 Å². The summed E-state index contributed by atoms with van der Waals surface area (Å²) in [5.41, 5.74) is 5.22. The molecule has 0 spiro atoms. The van der Waals surface area contributed by atoms with E-state index in [1.807, 2.05) is 0 Å². The molecular formula is C12H17N2O8S. The van der Waals surface area contributed by atoms with Crippen LogP contribution in [0.5, 0.6) is 0 Å². The molecule has 0 aliphatic heterocycles. The van der Waals surface area contributed by atoms with Gasteiger partial charge < -0.3 is 26.4 Å². The Morgan fingerprint density at radius 2 is 1.74 bits per heavy atom. The van der Waals surface area contributed by atoms with Gasteiger partial charge >= 0.3 is 17.9 Å². The van der Waals surface area contributed by atoms with Gasteiger partial charge in [-0.1, -0.05) is 0 Å². The Kier molecular flexibility index (Phi) is 9.58. The van der Waals surface area contributed by atoms with Crippen molar-refractivity contribution in [3.63, 3.8) is 0 Å². The molecule has 129 valence electrons. The summed E-state index contributed by atoms with van der Waals surface area (Å²) >= 11 is 0.686. The van der Waals surface area contributed by atoms with Gasteiger partial charge in [0.15, 0.2) is 0 Å². The Labute approximate surface area is 135 Å². The van der Waals surface area contributed by atoms with Gasteiger partial charge in [0.2, 0.25) is 12.2 Å². The lowest BCUT2D eigenvalue weighted by Crippen LogP contribution is -2.40. The SMILES string of the molecule is N[C@@H](CCC(=O)N[C@H]([C]=O)CSC(CC(=O)O)C(=O)O)C(=O)O. The van der Waals surface area contributed by atoms with Crippen molar-refractivity contribution >= 4 is 41.9 Å². The summed E-state index contributed by atoms with van der Waals surface area (Å²) in [6.45, 7) is 0. The van der Waals surface area contributed by atoms with Crippen LogP contribution in [0.1, 0.15) is 19.3 Å². The van der Waals surface area contributed by atoms with E-state index < -0.39 is 47.6 Å². The van der Waals surface area contributed by atoms with Crippen molar-refractivity contribution in [2.75, 3.05) is 5.75 Å². The van der Waals surface area contributed by atoms with Crippen LogP contribution in [0.3, 0.4) is 0 Å². The maximum atomic E-state index is 11.5. The van der Waals surface area contributed by atoms with Crippen LogP contribution in [0, 0.1) is 0 Å². The Morgan fingerprint density at radius 1 is 1.13 bits per heavy atom. The van der Waals surface area contributed by atoms with E-state index in [2.05, 4.69) is 5.32 Å². The van der Waals surface area contributed by atoms with E-state index in [-0.39, 0.29) is 18.6 Å². The number of amides is 1. The minimum atomic E-state index is -1.35. The number of thioether (sulfide) groups is 1. The molecule has 0 bridgehead atoms. The Hall–Kier alpha value is -2.14. The van der Waals surface area contributed by atoms with Gasteiger partial charge in [-0.25, -0.2) is 0 Å². The molecule has 23 heavy (non-hydrogen) atoms. The first-order valence-electron chi connectivity index (χ1n) is 6.39. The number of nitrogens with one attached hydrogen (secondary N) is 1. The highest BCUT2D eigenvalue weighted by atomic mass is 32.2. The fraction of sp³-hybridized carbons (Fsp3) is 0.583. The van der Waals surface area contributed by atoms with Crippen molar-refractivity contribution < 1.29 is 39.3 Å². The lowest BCUT2D eigenvalue weighted by atomic mass is 10.1. The lowest BCUT2D eigenvalue weighted by Gasteiger charge is -2.15. The number of aliphatic carboxylic acids is 3. The normalized spacial score (nSPS) is 14.3. The van der Waals surface area contributed by atoms with Gasteiger partial charge in [0.25, 0.3) is 0 Å². The summed E-state index contributed by atoms with van der Waals surface area (Å²) in [6, 6.07) is -2.34. The first-order valence-corrected chi connectivity index (χ1v) is 7.43. The smallest absolute Gasteiger partial charge is 0.320 e. The van der Waals surface area contributed by atoms with Gasteiger partial charge in [-0.3, -0.25) is 24.0 Å². The highest BCUT2D eigenvalue weighted by Crippen LogP contribution is 2.16. The van der Waals surface area contributed by atoms with Gasteiger partial charge in [-0.2, -0.15) is 0 Å². The van der Waals surface area contributed by atoms with Crippen LogP contribution in [0.2, 0.25) is 0 Å². The van der Waals surface area contributed by atoms with Crippen LogP contribution in [0.4, 0.5) is 0 Å². The third-order valence-corrected chi connectivity index (χ3v) is 3.87. The van der Waals surface area contributed by atoms with Crippen LogP contribution in [-0.2, 0) is 24.0 Å². The lowest BCUT2D eigenvalue weighted by molar-refractivity contribution is -0.142. The Morgan fingerprint density at radius 3 is 2.17 bits per heavy atom. The molecule has 1 unspecified atom stereocenters. The van der Waals surface area contributed by atoms with Crippen molar-refractivity contribution in [2.24, 2.45) is 5.73 Å². The van der Waals surface area contributed by atoms with Gasteiger partial charge in [0.1, 0.15) is 17.3 Å². The van der Waals surface area contributed by atoms with E-state index in [9.17, 15) is 24.0 Å². The molecule has 0 heterocycles. The topological polar surface area (TPSA) is 184 Å². The van der Waals surface area contributed by atoms with Gasteiger partial charge in [0, 0.05) is 12.2 Å². The second kappa shape index (κ2) is 10.6. The average molecular weight is 349 g/mol. The predicted octanol–water partition coefficient (Wildman–Crippen LogP) is -1.57. The second-order valence-electron chi connectivity index (χ2n) is 4.48. The van der Waals surface area contributed by atoms with Crippen LogP contribution < -0.4 is 11.1 Å². The average Bonchev–Trinajstić information content (AvgIpc) is 2.46. The zero-order valence-electron chi connectivity index (χ0n) is 11.9. The van der Waals surface area contributed by atoms with Crippen molar-refractivity contribution in [2.45, 2.75) is 36.6 Å². The molecule has 3 atom stereocenters. The van der Waals surface area contributed by atoms with Gasteiger partial charge in [0.05, 0.1) is 6.42 Å². The molecule has 10 nitrogen and oxygen atoms in total. The molecule has 1 amide bonds. The fourth-order valence-electron chi connectivity index (χ4n) is 1.37. The first-order chi connectivity index (χ1) is 10.7. The van der Waals surface area contributed by atoms with E-state index in [1.165, 1.54) is 6.29 Å². The zero-order chi connectivity index (χ0) is 18.0. The number of carboxylic acid groups (broad SMARTS) is 3. The number of carbonyl (C=O) groups is 4. The summed E-state index contributed by atoms with van der Waals surface area (Å²) < 4.78 is 0. The van der Waals surface area contributed by atoms with E-state index in [4.69, 9.17) is 21.1 Å².